The van der Waals surface area contributed by atoms with Crippen LogP contribution in [0.1, 0.15) is 118 Å². The normalized spacial score (nSPS) is 30.8. The Bertz CT molecular complexity index is 1670. The van der Waals surface area contributed by atoms with Crippen molar-refractivity contribution in [2.75, 3.05) is 6.61 Å². The lowest BCUT2D eigenvalue weighted by atomic mass is 9.42. The summed E-state index contributed by atoms with van der Waals surface area (Å²) < 4.78 is 37.1. The van der Waals surface area contributed by atoms with Gasteiger partial charge in [0.05, 0.1) is 0 Å². The van der Waals surface area contributed by atoms with E-state index < -0.39 is 76.1 Å². The molecule has 51 heavy (non-hydrogen) atoms. The molecule has 8 atom stereocenters. The van der Waals surface area contributed by atoms with Crippen LogP contribution in [0.2, 0.25) is 0 Å². The first-order chi connectivity index (χ1) is 24.2. The van der Waals surface area contributed by atoms with Crippen molar-refractivity contribution in [3.05, 3.63) is 46.6 Å². The number of hydrogen-bond donors (Lipinski definition) is 0. The van der Waals surface area contributed by atoms with Crippen LogP contribution in [0, 0.1) is 22.7 Å². The summed E-state index contributed by atoms with van der Waals surface area (Å²) in [4.78, 5) is 69.9. The zero-order valence-corrected chi connectivity index (χ0v) is 30.8. The van der Waals surface area contributed by atoms with Crippen molar-refractivity contribution in [3.63, 3.8) is 0 Å². The van der Waals surface area contributed by atoms with Crippen LogP contribution < -0.4 is 10.4 Å². The Kier molecular flexibility index (Phi) is 11.3. The average Bonchev–Trinajstić information content (AvgIpc) is 3.07. The fraction of sp³-hybridized carbons (Fsp3) is 0.641. The van der Waals surface area contributed by atoms with Crippen molar-refractivity contribution < 1.29 is 47.3 Å². The number of unbranched alkanes of at least 4 members (excludes halogenated alkanes) is 2. The first-order valence-electron chi connectivity index (χ1n) is 18.1. The van der Waals surface area contributed by atoms with Crippen LogP contribution in [0.4, 0.5) is 0 Å². The molecule has 12 nitrogen and oxygen atoms in total. The fourth-order valence-electron chi connectivity index (χ4n) is 8.99. The van der Waals surface area contributed by atoms with Gasteiger partial charge in [-0.25, -0.2) is 4.79 Å². The van der Waals surface area contributed by atoms with Gasteiger partial charge in [-0.2, -0.15) is 0 Å². The number of hydrogen-bond acceptors (Lipinski definition) is 12. The van der Waals surface area contributed by atoms with Crippen LogP contribution in [0.3, 0.4) is 0 Å². The Hall–Kier alpha value is -4.22. The number of ether oxygens (including phenoxy) is 5. The van der Waals surface area contributed by atoms with E-state index in [4.69, 9.17) is 28.1 Å². The SMILES string of the molecule is CCCCC(=O)OC1c2c(cc(-c3cccnc3)oc2=O)O[C@@]2(C)C1[C@@]1(C)CC[C@H](OC(C)=O)[C@@](C)(COC(C)=O)C1C[C@@H]2OC(=O)CCCC. The minimum Gasteiger partial charge on any atom is -0.482 e. The van der Waals surface area contributed by atoms with Crippen molar-refractivity contribution in [2.24, 2.45) is 22.7 Å². The largest absolute Gasteiger partial charge is 0.482 e. The van der Waals surface area contributed by atoms with Crippen molar-refractivity contribution in [3.8, 4) is 17.1 Å². The number of carbonyl (C=O) groups is 4. The van der Waals surface area contributed by atoms with Gasteiger partial charge in [0.1, 0.15) is 42.0 Å². The van der Waals surface area contributed by atoms with E-state index in [1.54, 1.807) is 30.6 Å². The van der Waals surface area contributed by atoms with E-state index in [1.807, 2.05) is 27.7 Å². The molecule has 0 aromatic carbocycles. The maximum absolute atomic E-state index is 14.1. The molecular formula is C39H51NO11. The van der Waals surface area contributed by atoms with Crippen molar-refractivity contribution in [1.29, 1.82) is 0 Å². The average molecular weight is 710 g/mol. The zero-order chi connectivity index (χ0) is 37.1. The predicted molar refractivity (Wildman–Crippen MR) is 184 cm³/mol. The van der Waals surface area contributed by atoms with E-state index in [-0.39, 0.29) is 42.9 Å². The third-order valence-electron chi connectivity index (χ3n) is 11.4. The van der Waals surface area contributed by atoms with Gasteiger partial charge in [0.15, 0.2) is 5.60 Å². The molecule has 2 saturated carbocycles. The topological polar surface area (TPSA) is 158 Å². The lowest BCUT2D eigenvalue weighted by molar-refractivity contribution is -0.273. The monoisotopic (exact) mass is 709 g/mol. The molecule has 0 bridgehead atoms. The standard InChI is InChI=1S/C39H51NO11/c1-8-10-14-31(43)49-30-20-28-37(5,17-16-29(47-24(4)42)38(28,6)22-46-23(3)41)35-34(50-32(44)15-11-9-2)33-27(51-39(30,35)7)19-26(48-36(33)45)25-13-12-18-40-21-25/h12-13,18-19,21,28-30,34-35H,8-11,14-17,20,22H2,1-7H3/t28?,29-,30-,34?,35?,37-,38-,39+/m0/s1. The summed E-state index contributed by atoms with van der Waals surface area (Å²) in [5, 5.41) is 0. The summed E-state index contributed by atoms with van der Waals surface area (Å²) in [5.74, 6) is -2.63. The number of fused-ring (bicyclic) bond motifs is 4. The van der Waals surface area contributed by atoms with Gasteiger partial charge in [-0.05, 0) is 62.5 Å². The van der Waals surface area contributed by atoms with Gasteiger partial charge in [0.2, 0.25) is 0 Å². The smallest absolute Gasteiger partial charge is 0.347 e. The highest BCUT2D eigenvalue weighted by Crippen LogP contribution is 2.68. The number of aromatic nitrogens is 1. The summed E-state index contributed by atoms with van der Waals surface area (Å²) in [6, 6.07) is 5.08. The lowest BCUT2D eigenvalue weighted by Gasteiger charge is -2.66. The Balaban J connectivity index is 1.73. The Morgan fingerprint density at radius 3 is 2.24 bits per heavy atom. The molecule has 0 amide bonds. The molecule has 0 N–H and O–H groups in total. The summed E-state index contributed by atoms with van der Waals surface area (Å²) in [5.41, 5.74) is -3.14. The number of nitrogens with zero attached hydrogens (tertiary/aromatic N) is 1. The second kappa shape index (κ2) is 15.2. The minimum atomic E-state index is -1.30. The minimum absolute atomic E-state index is 0.0664. The van der Waals surface area contributed by atoms with E-state index in [1.165, 1.54) is 13.8 Å². The van der Waals surface area contributed by atoms with Crippen LogP contribution in [-0.4, -0.2) is 53.3 Å². The van der Waals surface area contributed by atoms with E-state index in [9.17, 15) is 24.0 Å². The number of rotatable bonds is 12. The molecule has 2 aromatic rings. The third-order valence-corrected chi connectivity index (χ3v) is 11.4. The van der Waals surface area contributed by atoms with Crippen LogP contribution in [0.25, 0.3) is 11.3 Å². The quantitative estimate of drug-likeness (QED) is 0.171. The van der Waals surface area contributed by atoms with Gasteiger partial charge in [0.25, 0.3) is 0 Å². The van der Waals surface area contributed by atoms with E-state index in [0.717, 1.165) is 12.8 Å². The highest BCUT2D eigenvalue weighted by molar-refractivity contribution is 5.71. The molecule has 2 aromatic heterocycles. The Morgan fingerprint density at radius 1 is 0.941 bits per heavy atom. The molecule has 12 heteroatoms. The second-order valence-electron chi connectivity index (χ2n) is 15.0. The highest BCUT2D eigenvalue weighted by Gasteiger charge is 2.71. The van der Waals surface area contributed by atoms with Gasteiger partial charge in [-0.15, -0.1) is 0 Å². The van der Waals surface area contributed by atoms with Gasteiger partial charge in [-0.1, -0.05) is 40.5 Å². The summed E-state index contributed by atoms with van der Waals surface area (Å²) >= 11 is 0. The van der Waals surface area contributed by atoms with Crippen LogP contribution in [-0.2, 0) is 38.1 Å². The van der Waals surface area contributed by atoms with E-state index >= 15 is 0 Å². The van der Waals surface area contributed by atoms with Crippen molar-refractivity contribution in [2.45, 2.75) is 130 Å². The molecule has 0 spiro atoms. The van der Waals surface area contributed by atoms with Gasteiger partial charge in [-0.3, -0.25) is 24.2 Å². The predicted octanol–water partition coefficient (Wildman–Crippen LogP) is 6.67. The maximum Gasteiger partial charge on any atom is 0.347 e. The third kappa shape index (κ3) is 7.42. The highest BCUT2D eigenvalue weighted by atomic mass is 16.6. The van der Waals surface area contributed by atoms with Crippen molar-refractivity contribution in [1.82, 2.24) is 4.98 Å². The summed E-state index contributed by atoms with van der Waals surface area (Å²) in [6.07, 6.45) is 4.74. The molecule has 2 fully saturated rings. The van der Waals surface area contributed by atoms with Crippen LogP contribution >= 0.6 is 0 Å². The number of pyridine rings is 1. The molecule has 3 aliphatic rings. The van der Waals surface area contributed by atoms with E-state index in [2.05, 4.69) is 11.9 Å². The van der Waals surface area contributed by atoms with Gasteiger partial charge >= 0.3 is 29.5 Å². The summed E-state index contributed by atoms with van der Waals surface area (Å²) in [7, 11) is 0. The van der Waals surface area contributed by atoms with Gasteiger partial charge in [0, 0.05) is 62.0 Å². The summed E-state index contributed by atoms with van der Waals surface area (Å²) in [6.45, 7) is 12.4. The Morgan fingerprint density at radius 2 is 1.63 bits per heavy atom. The van der Waals surface area contributed by atoms with Crippen LogP contribution in [0.5, 0.6) is 5.75 Å². The molecule has 278 valence electrons. The fourth-order valence-corrected chi connectivity index (χ4v) is 8.99. The molecule has 5 rings (SSSR count). The molecular weight excluding hydrogens is 658 g/mol. The molecule has 0 saturated heterocycles. The van der Waals surface area contributed by atoms with Crippen molar-refractivity contribution >= 4 is 23.9 Å². The first kappa shape index (κ1) is 38.0. The zero-order valence-electron chi connectivity index (χ0n) is 30.8. The molecule has 0 radical (unpaired) electrons. The number of esters is 4. The number of carbonyl (C=O) groups excluding carboxylic acids is 4. The van der Waals surface area contributed by atoms with Crippen LogP contribution in [0.15, 0.2) is 39.8 Å². The maximum atomic E-state index is 14.1. The molecule has 2 aliphatic carbocycles. The second-order valence-corrected chi connectivity index (χ2v) is 15.0. The van der Waals surface area contributed by atoms with E-state index in [0.29, 0.717) is 31.2 Å². The lowest BCUT2D eigenvalue weighted by Crippen LogP contribution is -2.71. The van der Waals surface area contributed by atoms with Gasteiger partial charge < -0.3 is 28.1 Å². The first-order valence-corrected chi connectivity index (χ1v) is 18.1. The molecule has 3 heterocycles. The Labute approximate surface area is 298 Å². The molecule has 3 unspecified atom stereocenters. The molecule has 1 aliphatic heterocycles.